The van der Waals surface area contributed by atoms with Crippen molar-refractivity contribution in [3.05, 3.63) is 89.6 Å². The predicted molar refractivity (Wildman–Crippen MR) is 141 cm³/mol. The lowest BCUT2D eigenvalue weighted by molar-refractivity contribution is -0.122. The Labute approximate surface area is 214 Å². The quantitative estimate of drug-likeness (QED) is 0.290. The SMILES string of the molecule is COc1ccc(C(=O)Nc2ccc(C(C)(C)C(N)=O)cc2)cc1OC.O=C(O)c1ccc2cc[nH]c2c1. The molecule has 2 amide bonds. The van der Waals surface area contributed by atoms with Gasteiger partial charge in [-0.3, -0.25) is 9.59 Å². The van der Waals surface area contributed by atoms with Crippen LogP contribution in [0.4, 0.5) is 5.69 Å². The van der Waals surface area contributed by atoms with Gasteiger partial charge in [-0.05, 0) is 73.3 Å². The minimum Gasteiger partial charge on any atom is -0.493 e. The maximum Gasteiger partial charge on any atom is 0.335 e. The summed E-state index contributed by atoms with van der Waals surface area (Å²) in [5, 5.41) is 12.5. The topological polar surface area (TPSA) is 144 Å². The average molecular weight is 504 g/mol. The second-order valence-corrected chi connectivity index (χ2v) is 8.68. The summed E-state index contributed by atoms with van der Waals surface area (Å²) in [6, 6.07) is 18.9. The molecule has 9 heteroatoms. The molecule has 0 bridgehead atoms. The van der Waals surface area contributed by atoms with Crippen LogP contribution < -0.4 is 20.5 Å². The standard InChI is InChI=1S/C19H22N2O4.C9H7NO2/c1-19(2,18(20)23)13-6-8-14(9-7-13)21-17(22)12-5-10-15(24-3)16(11-12)25-4;11-9(12)7-2-1-6-3-4-10-8(6)5-7/h5-11H,1-4H3,(H2,20,23)(H,21,22);1-5,10H,(H,11,12). The van der Waals surface area contributed by atoms with Crippen LogP contribution in [0.15, 0.2) is 72.9 Å². The summed E-state index contributed by atoms with van der Waals surface area (Å²) in [4.78, 5) is 37.4. The number of primary amides is 1. The number of amides is 2. The van der Waals surface area contributed by atoms with Crippen molar-refractivity contribution in [2.45, 2.75) is 19.3 Å². The molecule has 5 N–H and O–H groups in total. The van der Waals surface area contributed by atoms with E-state index in [2.05, 4.69) is 10.3 Å². The van der Waals surface area contributed by atoms with Crippen LogP contribution in [0.25, 0.3) is 10.9 Å². The van der Waals surface area contributed by atoms with Crippen molar-refractivity contribution >= 4 is 34.4 Å². The summed E-state index contributed by atoms with van der Waals surface area (Å²) in [6.07, 6.45) is 1.79. The molecule has 0 fully saturated rings. The number of ether oxygens (including phenoxy) is 2. The molecule has 0 atom stereocenters. The van der Waals surface area contributed by atoms with Crippen LogP contribution in [-0.4, -0.2) is 42.1 Å². The molecule has 0 aliphatic heterocycles. The van der Waals surface area contributed by atoms with Crippen LogP contribution in [0, 0.1) is 0 Å². The number of nitrogens with two attached hydrogens (primary N) is 1. The van der Waals surface area contributed by atoms with Crippen molar-refractivity contribution in [1.82, 2.24) is 4.98 Å². The van der Waals surface area contributed by atoms with Crippen molar-refractivity contribution in [3.63, 3.8) is 0 Å². The Balaban J connectivity index is 0.000000262. The van der Waals surface area contributed by atoms with E-state index in [1.807, 2.05) is 6.07 Å². The Morgan fingerprint density at radius 1 is 0.865 bits per heavy atom. The largest absolute Gasteiger partial charge is 0.493 e. The number of benzene rings is 3. The number of hydrogen-bond donors (Lipinski definition) is 4. The van der Waals surface area contributed by atoms with Gasteiger partial charge in [0.05, 0.1) is 25.2 Å². The molecule has 4 rings (SSSR count). The minimum absolute atomic E-state index is 0.275. The highest BCUT2D eigenvalue weighted by molar-refractivity contribution is 6.04. The smallest absolute Gasteiger partial charge is 0.335 e. The Morgan fingerprint density at radius 3 is 2.11 bits per heavy atom. The van der Waals surface area contributed by atoms with E-state index in [1.165, 1.54) is 14.2 Å². The monoisotopic (exact) mass is 503 g/mol. The number of carbonyl (C=O) groups is 3. The zero-order chi connectivity index (χ0) is 27.2. The highest BCUT2D eigenvalue weighted by Crippen LogP contribution is 2.28. The minimum atomic E-state index is -0.897. The summed E-state index contributed by atoms with van der Waals surface area (Å²) >= 11 is 0. The fraction of sp³-hybridized carbons (Fsp3) is 0.179. The molecular weight excluding hydrogens is 474 g/mol. The first-order valence-corrected chi connectivity index (χ1v) is 11.3. The van der Waals surface area contributed by atoms with Crippen molar-refractivity contribution in [3.8, 4) is 11.5 Å². The predicted octanol–water partition coefficient (Wildman–Crippen LogP) is 4.59. The zero-order valence-electron chi connectivity index (χ0n) is 21.0. The number of aromatic carboxylic acids is 1. The van der Waals surface area contributed by atoms with Crippen LogP contribution in [0.1, 0.15) is 40.1 Å². The Morgan fingerprint density at radius 2 is 1.51 bits per heavy atom. The van der Waals surface area contributed by atoms with Gasteiger partial charge >= 0.3 is 5.97 Å². The molecular formula is C28H29N3O6. The number of aromatic amines is 1. The van der Waals surface area contributed by atoms with E-state index in [4.69, 9.17) is 20.3 Å². The second kappa shape index (κ2) is 11.3. The summed E-state index contributed by atoms with van der Waals surface area (Å²) in [6.45, 7) is 3.51. The summed E-state index contributed by atoms with van der Waals surface area (Å²) in [7, 11) is 3.05. The molecule has 37 heavy (non-hydrogen) atoms. The van der Waals surface area contributed by atoms with E-state index in [9.17, 15) is 14.4 Å². The number of hydrogen-bond acceptors (Lipinski definition) is 5. The van der Waals surface area contributed by atoms with Gasteiger partial charge in [0.25, 0.3) is 5.91 Å². The van der Waals surface area contributed by atoms with E-state index < -0.39 is 17.3 Å². The number of anilines is 1. The number of carboxylic acids is 1. The number of aromatic nitrogens is 1. The molecule has 0 aliphatic carbocycles. The fourth-order valence-electron chi connectivity index (χ4n) is 3.47. The van der Waals surface area contributed by atoms with Crippen molar-refractivity contribution < 1.29 is 29.0 Å². The second-order valence-electron chi connectivity index (χ2n) is 8.68. The molecule has 9 nitrogen and oxygen atoms in total. The molecule has 1 aromatic heterocycles. The lowest BCUT2D eigenvalue weighted by atomic mass is 9.84. The number of H-pyrrole nitrogens is 1. The van der Waals surface area contributed by atoms with E-state index in [-0.39, 0.29) is 5.91 Å². The third kappa shape index (κ3) is 6.26. The van der Waals surface area contributed by atoms with Crippen molar-refractivity contribution in [2.75, 3.05) is 19.5 Å². The molecule has 0 saturated carbocycles. The average Bonchev–Trinajstić information content (AvgIpc) is 3.37. The van der Waals surface area contributed by atoms with Gasteiger partial charge in [-0.1, -0.05) is 18.2 Å². The van der Waals surface area contributed by atoms with Gasteiger partial charge in [-0.25, -0.2) is 4.79 Å². The lowest BCUT2D eigenvalue weighted by Gasteiger charge is -2.21. The number of carboxylic acid groups (broad SMARTS) is 1. The van der Waals surface area contributed by atoms with Crippen LogP contribution in [-0.2, 0) is 10.2 Å². The van der Waals surface area contributed by atoms with Gasteiger partial charge in [0.1, 0.15) is 0 Å². The van der Waals surface area contributed by atoms with Crippen LogP contribution in [0.2, 0.25) is 0 Å². The number of nitrogens with one attached hydrogen (secondary N) is 2. The van der Waals surface area contributed by atoms with Crippen LogP contribution >= 0.6 is 0 Å². The molecule has 3 aromatic carbocycles. The van der Waals surface area contributed by atoms with Gasteiger partial charge in [0.2, 0.25) is 5.91 Å². The first-order valence-electron chi connectivity index (χ1n) is 11.3. The zero-order valence-corrected chi connectivity index (χ0v) is 21.0. The first kappa shape index (κ1) is 26.8. The van der Waals surface area contributed by atoms with Gasteiger partial charge in [0, 0.05) is 23.0 Å². The van der Waals surface area contributed by atoms with E-state index in [0.29, 0.717) is 28.3 Å². The number of methoxy groups -OCH3 is 2. The van der Waals surface area contributed by atoms with Crippen molar-refractivity contribution in [1.29, 1.82) is 0 Å². The molecule has 1 heterocycles. The summed E-state index contributed by atoms with van der Waals surface area (Å²) in [5.74, 6) is -0.547. The van der Waals surface area contributed by atoms with Crippen molar-refractivity contribution in [2.24, 2.45) is 5.73 Å². The molecule has 0 saturated heterocycles. The Kier molecular flexibility index (Phi) is 8.19. The molecule has 192 valence electrons. The van der Waals surface area contributed by atoms with Gasteiger partial charge in [-0.2, -0.15) is 0 Å². The molecule has 0 aliphatic rings. The summed E-state index contributed by atoms with van der Waals surface area (Å²) in [5.41, 5.74) is 7.65. The molecule has 0 unspecified atom stereocenters. The highest BCUT2D eigenvalue weighted by Gasteiger charge is 2.27. The molecule has 4 aromatic rings. The highest BCUT2D eigenvalue weighted by atomic mass is 16.5. The third-order valence-corrected chi connectivity index (χ3v) is 5.93. The third-order valence-electron chi connectivity index (χ3n) is 5.93. The number of rotatable bonds is 7. The van der Waals surface area contributed by atoms with Gasteiger partial charge in [0.15, 0.2) is 11.5 Å². The maximum atomic E-state index is 12.4. The Bertz CT molecular complexity index is 1420. The van der Waals surface area contributed by atoms with Crippen LogP contribution in [0.3, 0.4) is 0 Å². The number of fused-ring (bicyclic) bond motifs is 1. The van der Waals surface area contributed by atoms with Gasteiger partial charge in [-0.15, -0.1) is 0 Å². The van der Waals surface area contributed by atoms with E-state index in [1.54, 1.807) is 80.7 Å². The fourth-order valence-corrected chi connectivity index (χ4v) is 3.47. The van der Waals surface area contributed by atoms with Gasteiger partial charge < -0.3 is 30.6 Å². The lowest BCUT2D eigenvalue weighted by Crippen LogP contribution is -2.35. The first-order chi connectivity index (χ1) is 17.6. The molecule has 0 radical (unpaired) electrons. The van der Waals surface area contributed by atoms with E-state index >= 15 is 0 Å². The molecule has 0 spiro atoms. The van der Waals surface area contributed by atoms with Crippen LogP contribution in [0.5, 0.6) is 11.5 Å². The normalized spacial score (nSPS) is 10.7. The summed E-state index contributed by atoms with van der Waals surface area (Å²) < 4.78 is 10.4. The maximum absolute atomic E-state index is 12.4. The van der Waals surface area contributed by atoms with E-state index in [0.717, 1.165) is 16.5 Å². The Hall–Kier alpha value is -4.79. The number of carbonyl (C=O) groups excluding carboxylic acids is 2.